The van der Waals surface area contributed by atoms with Crippen molar-refractivity contribution >= 4 is 23.2 Å². The minimum absolute atomic E-state index is 0.0289. The van der Waals surface area contributed by atoms with Crippen LogP contribution in [0.5, 0.6) is 11.5 Å². The molecule has 0 atom stereocenters. The number of benzene rings is 2. The van der Waals surface area contributed by atoms with E-state index in [-0.39, 0.29) is 25.0 Å². The number of rotatable bonds is 7. The predicted octanol–water partition coefficient (Wildman–Crippen LogP) is 2.38. The molecule has 0 spiro atoms. The molecule has 0 saturated heterocycles. The van der Waals surface area contributed by atoms with E-state index in [9.17, 15) is 9.59 Å². The number of methoxy groups -OCH3 is 1. The largest absolute Gasteiger partial charge is 0.492 e. The molecule has 3 rings (SSSR count). The molecule has 27 heavy (non-hydrogen) atoms. The van der Waals surface area contributed by atoms with Gasteiger partial charge in [-0.15, -0.1) is 0 Å². The summed E-state index contributed by atoms with van der Waals surface area (Å²) >= 11 is 0. The molecule has 2 aromatic rings. The van der Waals surface area contributed by atoms with Gasteiger partial charge >= 0.3 is 0 Å². The van der Waals surface area contributed by atoms with E-state index in [1.54, 1.807) is 23.1 Å². The molecule has 0 radical (unpaired) electrons. The quantitative estimate of drug-likeness (QED) is 0.810. The van der Waals surface area contributed by atoms with Gasteiger partial charge < -0.3 is 24.4 Å². The van der Waals surface area contributed by atoms with Crippen LogP contribution in [-0.2, 0) is 14.3 Å². The minimum Gasteiger partial charge on any atom is -0.492 e. The Bertz CT molecular complexity index is 820. The molecule has 2 amide bonds. The summed E-state index contributed by atoms with van der Waals surface area (Å²) in [6.07, 6.45) is 0. The van der Waals surface area contributed by atoms with Gasteiger partial charge in [-0.25, -0.2) is 0 Å². The molecule has 1 N–H and O–H groups in total. The normalized spacial score (nSPS) is 13.0. The highest BCUT2D eigenvalue weighted by molar-refractivity contribution is 5.99. The molecule has 0 bridgehead atoms. The van der Waals surface area contributed by atoms with E-state index in [0.29, 0.717) is 30.3 Å². The van der Waals surface area contributed by atoms with Crippen molar-refractivity contribution < 1.29 is 23.8 Å². The second-order valence-electron chi connectivity index (χ2n) is 6.16. The first-order valence-corrected chi connectivity index (χ1v) is 8.62. The van der Waals surface area contributed by atoms with Gasteiger partial charge in [-0.2, -0.15) is 0 Å². The highest BCUT2D eigenvalue weighted by Crippen LogP contribution is 2.34. The van der Waals surface area contributed by atoms with Gasteiger partial charge in [-0.3, -0.25) is 9.59 Å². The Morgan fingerprint density at radius 2 is 2.00 bits per heavy atom. The zero-order valence-corrected chi connectivity index (χ0v) is 15.4. The van der Waals surface area contributed by atoms with E-state index < -0.39 is 0 Å². The van der Waals surface area contributed by atoms with Gasteiger partial charge in [0.05, 0.1) is 12.2 Å². The average molecular weight is 370 g/mol. The summed E-state index contributed by atoms with van der Waals surface area (Å²) in [5.41, 5.74) is 2.40. The summed E-state index contributed by atoms with van der Waals surface area (Å²) in [7, 11) is 1.46. The molecule has 7 nitrogen and oxygen atoms in total. The number of amides is 2. The van der Waals surface area contributed by atoms with E-state index in [2.05, 4.69) is 5.32 Å². The van der Waals surface area contributed by atoms with Crippen LogP contribution in [0.4, 0.5) is 11.4 Å². The number of ether oxygens (including phenoxy) is 3. The van der Waals surface area contributed by atoms with Crippen LogP contribution in [-0.4, -0.2) is 45.3 Å². The highest BCUT2D eigenvalue weighted by atomic mass is 16.5. The van der Waals surface area contributed by atoms with Gasteiger partial charge in [-0.1, -0.05) is 17.7 Å². The van der Waals surface area contributed by atoms with E-state index in [0.717, 1.165) is 11.3 Å². The van der Waals surface area contributed by atoms with Crippen LogP contribution in [0, 0.1) is 6.92 Å². The second-order valence-corrected chi connectivity index (χ2v) is 6.16. The molecule has 0 aromatic heterocycles. The molecule has 1 aliphatic heterocycles. The summed E-state index contributed by atoms with van der Waals surface area (Å²) in [6, 6.07) is 12.9. The summed E-state index contributed by atoms with van der Waals surface area (Å²) in [5.74, 6) is 0.914. The van der Waals surface area contributed by atoms with Gasteiger partial charge in [0.2, 0.25) is 5.91 Å². The number of hydrogen-bond acceptors (Lipinski definition) is 5. The first-order valence-electron chi connectivity index (χ1n) is 8.62. The van der Waals surface area contributed by atoms with E-state index in [1.165, 1.54) is 7.11 Å². The van der Waals surface area contributed by atoms with Crippen LogP contribution in [0.3, 0.4) is 0 Å². The minimum atomic E-state index is -0.257. The predicted molar refractivity (Wildman–Crippen MR) is 101 cm³/mol. The van der Waals surface area contributed by atoms with E-state index >= 15 is 0 Å². The van der Waals surface area contributed by atoms with Crippen molar-refractivity contribution in [3.05, 3.63) is 48.0 Å². The number of fused-ring (bicyclic) bond motifs is 1. The molecule has 0 saturated carbocycles. The lowest BCUT2D eigenvalue weighted by Crippen LogP contribution is -2.41. The Morgan fingerprint density at radius 3 is 2.74 bits per heavy atom. The topological polar surface area (TPSA) is 77.1 Å². The van der Waals surface area contributed by atoms with E-state index in [4.69, 9.17) is 14.2 Å². The van der Waals surface area contributed by atoms with Crippen LogP contribution in [0.15, 0.2) is 42.5 Å². The van der Waals surface area contributed by atoms with Crippen LogP contribution < -0.4 is 19.7 Å². The Morgan fingerprint density at radius 1 is 1.22 bits per heavy atom. The van der Waals surface area contributed by atoms with Crippen molar-refractivity contribution in [2.45, 2.75) is 6.92 Å². The first-order chi connectivity index (χ1) is 13.1. The maximum Gasteiger partial charge on any atom is 0.265 e. The molecule has 0 aliphatic carbocycles. The zero-order chi connectivity index (χ0) is 19.2. The number of nitrogens with one attached hydrogen (secondary N) is 1. The summed E-state index contributed by atoms with van der Waals surface area (Å²) in [4.78, 5) is 25.5. The molecule has 0 fully saturated rings. The third-order valence-electron chi connectivity index (χ3n) is 4.07. The maximum absolute atomic E-state index is 12.3. The Balaban J connectivity index is 1.65. The van der Waals surface area contributed by atoms with E-state index in [1.807, 2.05) is 31.2 Å². The molecule has 7 heteroatoms. The smallest absolute Gasteiger partial charge is 0.265 e. The number of aryl methyl sites for hydroxylation is 1. The molecular formula is C20H22N2O5. The van der Waals surface area contributed by atoms with Gasteiger partial charge in [-0.05, 0) is 31.2 Å². The lowest BCUT2D eigenvalue weighted by atomic mass is 10.2. The fourth-order valence-corrected chi connectivity index (χ4v) is 2.74. The third kappa shape index (κ3) is 4.77. The van der Waals surface area contributed by atoms with Gasteiger partial charge in [0.15, 0.2) is 6.61 Å². The Kier molecular flexibility index (Phi) is 5.93. The van der Waals surface area contributed by atoms with Crippen molar-refractivity contribution in [2.24, 2.45) is 0 Å². The van der Waals surface area contributed by atoms with Crippen LogP contribution >= 0.6 is 0 Å². The zero-order valence-electron chi connectivity index (χ0n) is 15.4. The molecular weight excluding hydrogens is 348 g/mol. The number of carbonyl (C=O) groups excluding carboxylic acids is 2. The van der Waals surface area contributed by atoms with Crippen LogP contribution in [0.1, 0.15) is 5.56 Å². The van der Waals surface area contributed by atoms with Gasteiger partial charge in [0, 0.05) is 18.9 Å². The lowest BCUT2D eigenvalue weighted by Gasteiger charge is -2.29. The van der Waals surface area contributed by atoms with Crippen molar-refractivity contribution in [3.63, 3.8) is 0 Å². The van der Waals surface area contributed by atoms with Crippen molar-refractivity contribution in [1.82, 2.24) is 0 Å². The Hall–Kier alpha value is -3.06. The maximum atomic E-state index is 12.3. The van der Waals surface area contributed by atoms with Crippen LogP contribution in [0.25, 0.3) is 0 Å². The van der Waals surface area contributed by atoms with Crippen molar-refractivity contribution in [2.75, 3.05) is 43.7 Å². The summed E-state index contributed by atoms with van der Waals surface area (Å²) in [5, 5.41) is 2.72. The second kappa shape index (κ2) is 8.55. The highest BCUT2D eigenvalue weighted by Gasteiger charge is 2.25. The fourth-order valence-electron chi connectivity index (χ4n) is 2.74. The van der Waals surface area contributed by atoms with Gasteiger partial charge in [0.1, 0.15) is 24.7 Å². The first kappa shape index (κ1) is 18.7. The molecule has 0 unspecified atom stereocenters. The number of carbonyl (C=O) groups is 2. The summed E-state index contributed by atoms with van der Waals surface area (Å²) < 4.78 is 16.0. The molecule has 1 heterocycles. The average Bonchev–Trinajstić information content (AvgIpc) is 2.65. The fraction of sp³-hybridized carbons (Fsp3) is 0.300. The number of nitrogens with zero attached hydrogens (tertiary/aromatic N) is 1. The SMILES string of the molecule is COCC(=O)Nc1ccc2c(c1)OCC(=O)N2CCOc1ccc(C)cc1. The number of hydrogen-bond donors (Lipinski definition) is 1. The third-order valence-corrected chi connectivity index (χ3v) is 4.07. The van der Waals surface area contributed by atoms with Crippen molar-refractivity contribution in [3.8, 4) is 11.5 Å². The lowest BCUT2D eigenvalue weighted by molar-refractivity contribution is -0.121. The number of anilines is 2. The molecule has 1 aliphatic rings. The standard InChI is InChI=1S/C20H22N2O5/c1-14-3-6-16(7-4-14)26-10-9-22-17-8-5-15(21-19(23)12-25-2)11-18(17)27-13-20(22)24/h3-8,11H,9-10,12-13H2,1-2H3,(H,21,23). The summed E-state index contributed by atoms with van der Waals surface area (Å²) in [6.45, 7) is 2.70. The van der Waals surface area contributed by atoms with Crippen LogP contribution in [0.2, 0.25) is 0 Å². The molecule has 2 aromatic carbocycles. The van der Waals surface area contributed by atoms with Crippen molar-refractivity contribution in [1.29, 1.82) is 0 Å². The Labute approximate surface area is 157 Å². The monoisotopic (exact) mass is 370 g/mol. The molecule has 142 valence electrons. The van der Waals surface area contributed by atoms with Gasteiger partial charge in [0.25, 0.3) is 5.91 Å².